The number of aliphatic hydroxyl groups excluding tert-OH is 2. The zero-order valence-electron chi connectivity index (χ0n) is 18.1. The van der Waals surface area contributed by atoms with Gasteiger partial charge in [0.15, 0.2) is 5.84 Å². The number of aliphatic hydroxyl groups is 2. The summed E-state index contributed by atoms with van der Waals surface area (Å²) in [5, 5.41) is 21.9. The Morgan fingerprint density at radius 3 is 2.55 bits per heavy atom. The van der Waals surface area contributed by atoms with Crippen LogP contribution in [0.3, 0.4) is 0 Å². The van der Waals surface area contributed by atoms with Crippen molar-refractivity contribution in [2.45, 2.75) is 39.4 Å². The Kier molecular flexibility index (Phi) is 5.93. The number of carbonyl (C=O) groups is 1. The van der Waals surface area contributed by atoms with Gasteiger partial charge < -0.3 is 15.5 Å². The molecule has 1 aromatic heterocycles. The number of hydrogen-bond donors (Lipinski definition) is 3. The monoisotopic (exact) mass is 423 g/mol. The quantitative estimate of drug-likeness (QED) is 0.635. The second-order valence-electron chi connectivity index (χ2n) is 8.53. The molecular weight excluding hydrogens is 394 g/mol. The van der Waals surface area contributed by atoms with Crippen LogP contribution in [-0.4, -0.2) is 63.8 Å². The first kappa shape index (κ1) is 21.3. The molecule has 1 unspecified atom stereocenters. The third-order valence-corrected chi connectivity index (χ3v) is 5.79. The maximum atomic E-state index is 13.5. The third-order valence-electron chi connectivity index (χ3n) is 5.79. The van der Waals surface area contributed by atoms with E-state index in [1.54, 1.807) is 16.0 Å². The second-order valence-corrected chi connectivity index (χ2v) is 8.53. The first-order valence-electron chi connectivity index (χ1n) is 10.6. The summed E-state index contributed by atoms with van der Waals surface area (Å²) in [4.78, 5) is 26.4. The number of benzene rings is 1. The number of fused-ring (bicyclic) bond motifs is 3. The number of carbonyl (C=O) groups excluding carboxylic acids is 1. The molecular formula is C23H29N5O3. The van der Waals surface area contributed by atoms with Crippen LogP contribution in [0.4, 0.5) is 16.2 Å². The van der Waals surface area contributed by atoms with E-state index < -0.39 is 6.04 Å². The van der Waals surface area contributed by atoms with E-state index in [4.69, 9.17) is 4.99 Å². The summed E-state index contributed by atoms with van der Waals surface area (Å²) in [7, 11) is 0. The molecule has 2 amide bonds. The van der Waals surface area contributed by atoms with E-state index in [1.165, 1.54) is 0 Å². The lowest BCUT2D eigenvalue weighted by atomic mass is 10.1. The number of nitrogens with one attached hydrogen (secondary N) is 1. The van der Waals surface area contributed by atoms with E-state index in [0.717, 1.165) is 11.1 Å². The molecule has 164 valence electrons. The number of aromatic nitrogens is 1. The lowest BCUT2D eigenvalue weighted by molar-refractivity contribution is 0.204. The van der Waals surface area contributed by atoms with Gasteiger partial charge in [-0.1, -0.05) is 43.7 Å². The highest BCUT2D eigenvalue weighted by molar-refractivity contribution is 6.19. The van der Waals surface area contributed by atoms with Crippen molar-refractivity contribution in [3.63, 3.8) is 0 Å². The smallest absolute Gasteiger partial charge is 0.330 e. The largest absolute Gasteiger partial charge is 0.394 e. The lowest BCUT2D eigenvalue weighted by Gasteiger charge is -2.35. The second kappa shape index (κ2) is 8.64. The van der Waals surface area contributed by atoms with E-state index >= 15 is 0 Å². The first-order chi connectivity index (χ1) is 14.9. The van der Waals surface area contributed by atoms with Crippen molar-refractivity contribution < 1.29 is 15.0 Å². The summed E-state index contributed by atoms with van der Waals surface area (Å²) in [6.07, 6.45) is 1.65. The molecule has 3 N–H and O–H groups in total. The van der Waals surface area contributed by atoms with Gasteiger partial charge in [0.2, 0.25) is 0 Å². The van der Waals surface area contributed by atoms with Gasteiger partial charge in [0.25, 0.3) is 0 Å². The van der Waals surface area contributed by atoms with Gasteiger partial charge in [-0.25, -0.2) is 9.78 Å². The minimum atomic E-state index is -0.504. The molecule has 1 atom stereocenters. The Bertz CT molecular complexity index is 985. The predicted molar refractivity (Wildman–Crippen MR) is 120 cm³/mol. The number of amides is 2. The standard InChI is InChI=1S/C23H29N5O3/c1-14(2)19-11-28-22(26-19)21-20(8-17(9-24-21)25-18(12-29)13-30)27(23(28)31)10-16-6-4-15(3)5-7-16/h4-9,14,18-19,25,29-30H,10-13H2,1-3H3. The van der Waals surface area contributed by atoms with E-state index in [0.29, 0.717) is 41.9 Å². The van der Waals surface area contributed by atoms with Crippen LogP contribution in [0.25, 0.3) is 0 Å². The number of urea groups is 1. The molecule has 2 aromatic rings. The molecule has 0 saturated carbocycles. The fourth-order valence-corrected chi connectivity index (χ4v) is 3.83. The summed E-state index contributed by atoms with van der Waals surface area (Å²) in [6.45, 7) is 6.78. The van der Waals surface area contributed by atoms with Gasteiger partial charge in [-0.05, 0) is 24.5 Å². The van der Waals surface area contributed by atoms with Crippen LogP contribution in [0.2, 0.25) is 0 Å². The molecule has 0 spiro atoms. The molecule has 4 rings (SSSR count). The van der Waals surface area contributed by atoms with Crippen molar-refractivity contribution >= 4 is 23.2 Å². The minimum absolute atomic E-state index is 0.0406. The highest BCUT2D eigenvalue weighted by Gasteiger charge is 2.42. The Labute approximate surface area is 182 Å². The zero-order chi connectivity index (χ0) is 22.1. The van der Waals surface area contributed by atoms with Crippen molar-refractivity contribution in [1.82, 2.24) is 9.88 Å². The maximum Gasteiger partial charge on any atom is 0.330 e. The molecule has 0 fully saturated rings. The molecule has 0 radical (unpaired) electrons. The number of aryl methyl sites for hydroxylation is 1. The fraction of sp³-hybridized carbons (Fsp3) is 0.435. The minimum Gasteiger partial charge on any atom is -0.394 e. The molecule has 2 aliphatic heterocycles. The Balaban J connectivity index is 1.75. The Morgan fingerprint density at radius 2 is 1.90 bits per heavy atom. The number of pyridine rings is 1. The summed E-state index contributed by atoms with van der Waals surface area (Å²) in [6, 6.07) is 9.38. The number of amidine groups is 1. The van der Waals surface area contributed by atoms with Crippen LogP contribution in [0, 0.1) is 12.8 Å². The van der Waals surface area contributed by atoms with Crippen LogP contribution >= 0.6 is 0 Å². The van der Waals surface area contributed by atoms with Gasteiger partial charge in [0.05, 0.1) is 56.0 Å². The molecule has 8 nitrogen and oxygen atoms in total. The van der Waals surface area contributed by atoms with Gasteiger partial charge in [0.1, 0.15) is 5.69 Å². The Hall–Kier alpha value is -2.97. The maximum absolute atomic E-state index is 13.5. The Morgan fingerprint density at radius 1 is 1.19 bits per heavy atom. The van der Waals surface area contributed by atoms with Crippen LogP contribution < -0.4 is 10.2 Å². The van der Waals surface area contributed by atoms with Gasteiger partial charge in [-0.3, -0.25) is 14.8 Å². The number of hydrogen-bond acceptors (Lipinski definition) is 6. The average molecular weight is 424 g/mol. The number of aliphatic imine (C=N–C) groups is 1. The van der Waals surface area contributed by atoms with Gasteiger partial charge in [-0.15, -0.1) is 0 Å². The molecule has 2 aliphatic rings. The highest BCUT2D eigenvalue weighted by Crippen LogP contribution is 2.35. The fourth-order valence-electron chi connectivity index (χ4n) is 3.83. The molecule has 0 saturated heterocycles. The van der Waals surface area contributed by atoms with Crippen molar-refractivity contribution in [2.75, 3.05) is 30.0 Å². The van der Waals surface area contributed by atoms with Gasteiger partial charge in [0, 0.05) is 0 Å². The van der Waals surface area contributed by atoms with E-state index in [-0.39, 0.29) is 25.3 Å². The summed E-state index contributed by atoms with van der Waals surface area (Å²) in [5.74, 6) is 0.932. The SMILES string of the molecule is Cc1ccc(CN2C(=O)N3CC(C(C)C)N=C3c3ncc(NC(CO)CO)cc32)cc1. The lowest BCUT2D eigenvalue weighted by Crippen LogP contribution is -2.50. The summed E-state index contributed by atoms with van der Waals surface area (Å²) >= 11 is 0. The van der Waals surface area contributed by atoms with Crippen LogP contribution in [0.5, 0.6) is 0 Å². The number of anilines is 2. The molecule has 1 aromatic carbocycles. The van der Waals surface area contributed by atoms with Crippen molar-refractivity contribution in [3.8, 4) is 0 Å². The summed E-state index contributed by atoms with van der Waals surface area (Å²) in [5.41, 5.74) is 4.15. The van der Waals surface area contributed by atoms with Crippen LogP contribution in [-0.2, 0) is 6.54 Å². The van der Waals surface area contributed by atoms with E-state index in [2.05, 4.69) is 24.1 Å². The van der Waals surface area contributed by atoms with Crippen molar-refractivity contribution in [1.29, 1.82) is 0 Å². The molecule has 31 heavy (non-hydrogen) atoms. The van der Waals surface area contributed by atoms with Crippen LogP contribution in [0.15, 0.2) is 41.5 Å². The molecule has 0 bridgehead atoms. The van der Waals surface area contributed by atoms with E-state index in [9.17, 15) is 15.0 Å². The van der Waals surface area contributed by atoms with Crippen molar-refractivity contribution in [3.05, 3.63) is 53.3 Å². The normalized spacial score (nSPS) is 17.8. The molecule has 0 aliphatic carbocycles. The highest BCUT2D eigenvalue weighted by atomic mass is 16.3. The topological polar surface area (TPSA) is 101 Å². The van der Waals surface area contributed by atoms with Crippen molar-refractivity contribution in [2.24, 2.45) is 10.9 Å². The molecule has 8 heteroatoms. The predicted octanol–water partition coefficient (Wildman–Crippen LogP) is 2.38. The number of rotatable bonds is 7. The van der Waals surface area contributed by atoms with E-state index in [1.807, 2.05) is 37.3 Å². The molecule has 3 heterocycles. The summed E-state index contributed by atoms with van der Waals surface area (Å²) < 4.78 is 0. The van der Waals surface area contributed by atoms with Gasteiger partial charge in [-0.2, -0.15) is 0 Å². The average Bonchev–Trinajstić information content (AvgIpc) is 3.22. The number of nitrogens with zero attached hydrogens (tertiary/aromatic N) is 4. The zero-order valence-corrected chi connectivity index (χ0v) is 18.1. The third kappa shape index (κ3) is 4.13. The van der Waals surface area contributed by atoms with Gasteiger partial charge >= 0.3 is 6.03 Å². The van der Waals surface area contributed by atoms with Crippen LogP contribution in [0.1, 0.15) is 30.7 Å². The first-order valence-corrected chi connectivity index (χ1v) is 10.6.